The van der Waals surface area contributed by atoms with E-state index >= 15 is 0 Å². The van der Waals surface area contributed by atoms with Crippen molar-refractivity contribution in [2.24, 2.45) is 0 Å². The summed E-state index contributed by atoms with van der Waals surface area (Å²) in [5.74, 6) is -0.990. The van der Waals surface area contributed by atoms with Gasteiger partial charge in [0.25, 0.3) is 6.43 Å². The molecule has 0 amide bonds. The van der Waals surface area contributed by atoms with Crippen LogP contribution < -0.4 is 4.74 Å². The molecule has 1 heterocycles. The Balaban J connectivity index is 3.23. The van der Waals surface area contributed by atoms with E-state index in [1.54, 1.807) is 0 Å². The monoisotopic (exact) mass is 319 g/mol. The van der Waals surface area contributed by atoms with Crippen molar-refractivity contribution >= 4 is 22.2 Å². The summed E-state index contributed by atoms with van der Waals surface area (Å²) in [6.45, 7) is 0. The number of pyridine rings is 1. The predicted molar refractivity (Wildman–Crippen MR) is 49.0 cm³/mol. The molecule has 0 saturated carbocycles. The zero-order chi connectivity index (χ0) is 13.2. The summed E-state index contributed by atoms with van der Waals surface area (Å²) in [6.07, 6.45) is -8.13. The Morgan fingerprint density at radius 2 is 2.00 bits per heavy atom. The van der Waals surface area contributed by atoms with Crippen molar-refractivity contribution in [3.05, 3.63) is 21.8 Å². The van der Waals surface area contributed by atoms with Gasteiger partial charge < -0.3 is 4.74 Å². The highest BCUT2D eigenvalue weighted by molar-refractivity contribution is 9.10. The number of rotatable bonds is 3. The lowest BCUT2D eigenvalue weighted by Gasteiger charge is -2.11. The topological polar surface area (TPSA) is 39.2 Å². The van der Waals surface area contributed by atoms with Gasteiger partial charge in [0.1, 0.15) is 5.69 Å². The van der Waals surface area contributed by atoms with E-state index in [1.807, 2.05) is 0 Å². The number of carbonyl (C=O) groups is 1. The molecule has 0 saturated heterocycles. The van der Waals surface area contributed by atoms with Gasteiger partial charge in [0.2, 0.25) is 5.88 Å². The standard InChI is InChI=1S/C8H3BrF5NO2/c9-3-1-5(17-8(12,13)14)15-4(2-16)6(3)7(10)11/h1-2,7H. The number of ether oxygens (including phenoxy) is 1. The Bertz CT molecular complexity index is 435. The van der Waals surface area contributed by atoms with Crippen LogP contribution in [0.25, 0.3) is 0 Å². The van der Waals surface area contributed by atoms with Gasteiger partial charge in [0.05, 0.1) is 5.56 Å². The molecule has 1 aromatic heterocycles. The Morgan fingerprint density at radius 3 is 2.41 bits per heavy atom. The lowest BCUT2D eigenvalue weighted by Crippen LogP contribution is -2.18. The smallest absolute Gasteiger partial charge is 0.388 e. The number of halogens is 6. The van der Waals surface area contributed by atoms with Gasteiger partial charge in [-0.15, -0.1) is 13.2 Å². The molecule has 3 nitrogen and oxygen atoms in total. The van der Waals surface area contributed by atoms with Crippen molar-refractivity contribution in [1.82, 2.24) is 4.98 Å². The quantitative estimate of drug-likeness (QED) is 0.632. The maximum atomic E-state index is 12.5. The lowest BCUT2D eigenvalue weighted by molar-refractivity contribution is -0.276. The van der Waals surface area contributed by atoms with Crippen LogP contribution in [0.5, 0.6) is 5.88 Å². The number of aromatic nitrogens is 1. The third kappa shape index (κ3) is 3.62. The highest BCUT2D eigenvalue weighted by Gasteiger charge is 2.32. The van der Waals surface area contributed by atoms with Gasteiger partial charge in [-0.2, -0.15) is 0 Å². The lowest BCUT2D eigenvalue weighted by atomic mass is 10.2. The normalized spacial score (nSPS) is 11.7. The predicted octanol–water partition coefficient (Wildman–Crippen LogP) is 3.49. The molecule has 1 aromatic rings. The molecule has 1 rings (SSSR count). The molecule has 0 aromatic carbocycles. The van der Waals surface area contributed by atoms with Gasteiger partial charge in [-0.25, -0.2) is 13.8 Å². The fourth-order valence-corrected chi connectivity index (χ4v) is 1.57. The first-order valence-electron chi connectivity index (χ1n) is 3.94. The van der Waals surface area contributed by atoms with E-state index in [2.05, 4.69) is 25.7 Å². The Kier molecular flexibility index (Phi) is 4.02. The Labute approximate surface area is 99.7 Å². The summed E-state index contributed by atoms with van der Waals surface area (Å²) >= 11 is 2.62. The van der Waals surface area contributed by atoms with Crippen LogP contribution in [-0.2, 0) is 0 Å². The van der Waals surface area contributed by atoms with E-state index in [0.717, 1.165) is 0 Å². The zero-order valence-electron chi connectivity index (χ0n) is 7.76. The van der Waals surface area contributed by atoms with Gasteiger partial charge in [0, 0.05) is 10.5 Å². The van der Waals surface area contributed by atoms with Gasteiger partial charge in [0.15, 0.2) is 6.29 Å². The van der Waals surface area contributed by atoms with Gasteiger partial charge >= 0.3 is 6.36 Å². The summed E-state index contributed by atoms with van der Waals surface area (Å²) in [5.41, 5.74) is -1.59. The van der Waals surface area contributed by atoms with Crippen LogP contribution in [0.1, 0.15) is 22.5 Å². The summed E-state index contributed by atoms with van der Waals surface area (Å²) in [5, 5.41) is 0. The molecule has 9 heteroatoms. The average molecular weight is 320 g/mol. The van der Waals surface area contributed by atoms with E-state index < -0.39 is 29.9 Å². The number of carbonyl (C=O) groups excluding carboxylic acids is 1. The van der Waals surface area contributed by atoms with Crippen molar-refractivity contribution in [1.29, 1.82) is 0 Å². The van der Waals surface area contributed by atoms with E-state index in [-0.39, 0.29) is 10.8 Å². The highest BCUT2D eigenvalue weighted by atomic mass is 79.9. The number of alkyl halides is 5. The molecule has 0 atom stereocenters. The molecule has 0 unspecified atom stereocenters. The van der Waals surface area contributed by atoms with Gasteiger partial charge in [-0.1, -0.05) is 15.9 Å². The summed E-state index contributed by atoms with van der Waals surface area (Å²) in [4.78, 5) is 13.5. The minimum absolute atomic E-state index is 0.0739. The van der Waals surface area contributed by atoms with Crippen LogP contribution in [0, 0.1) is 0 Å². The third-order valence-corrected chi connectivity index (χ3v) is 2.22. The first-order chi connectivity index (χ1) is 7.74. The molecule has 17 heavy (non-hydrogen) atoms. The molecule has 0 fully saturated rings. The average Bonchev–Trinajstić information content (AvgIpc) is 2.12. The fourth-order valence-electron chi connectivity index (χ4n) is 0.996. The minimum atomic E-state index is -5.01. The van der Waals surface area contributed by atoms with Crippen LogP contribution >= 0.6 is 15.9 Å². The van der Waals surface area contributed by atoms with Crippen molar-refractivity contribution in [3.63, 3.8) is 0 Å². The molecular formula is C8H3BrF5NO2. The maximum Gasteiger partial charge on any atom is 0.574 e. The third-order valence-electron chi connectivity index (χ3n) is 1.56. The number of nitrogens with zero attached hydrogens (tertiary/aromatic N) is 1. The Hall–Kier alpha value is -1.25. The first kappa shape index (κ1) is 13.8. The van der Waals surface area contributed by atoms with E-state index in [9.17, 15) is 26.7 Å². The van der Waals surface area contributed by atoms with Crippen LogP contribution in [0.15, 0.2) is 10.5 Å². The van der Waals surface area contributed by atoms with Crippen LogP contribution in [0.4, 0.5) is 22.0 Å². The van der Waals surface area contributed by atoms with Crippen molar-refractivity contribution in [3.8, 4) is 5.88 Å². The zero-order valence-corrected chi connectivity index (χ0v) is 9.35. The second-order valence-corrected chi connectivity index (χ2v) is 3.56. The molecule has 0 spiro atoms. The number of aldehydes is 1. The van der Waals surface area contributed by atoms with Crippen LogP contribution in [-0.4, -0.2) is 17.6 Å². The molecule has 0 aliphatic carbocycles. The summed E-state index contributed by atoms with van der Waals surface area (Å²) in [6, 6.07) is 0.613. The minimum Gasteiger partial charge on any atom is -0.388 e. The molecule has 0 bridgehead atoms. The van der Waals surface area contributed by atoms with Crippen molar-refractivity contribution in [2.75, 3.05) is 0 Å². The highest BCUT2D eigenvalue weighted by Crippen LogP contribution is 2.33. The van der Waals surface area contributed by atoms with Crippen molar-refractivity contribution in [2.45, 2.75) is 12.8 Å². The van der Waals surface area contributed by atoms with Gasteiger partial charge in [-0.3, -0.25) is 4.79 Å². The molecular weight excluding hydrogens is 317 g/mol. The van der Waals surface area contributed by atoms with Crippen LogP contribution in [0.2, 0.25) is 0 Å². The summed E-state index contributed by atoms with van der Waals surface area (Å²) in [7, 11) is 0. The molecule has 0 aliphatic heterocycles. The number of hydrogen-bond acceptors (Lipinski definition) is 3. The SMILES string of the molecule is O=Cc1nc(OC(F)(F)F)cc(Br)c1C(F)F. The van der Waals surface area contributed by atoms with Crippen LogP contribution in [0.3, 0.4) is 0 Å². The summed E-state index contributed by atoms with van der Waals surface area (Å²) < 4.78 is 63.5. The first-order valence-corrected chi connectivity index (χ1v) is 4.73. The Morgan fingerprint density at radius 1 is 1.41 bits per heavy atom. The molecule has 0 radical (unpaired) electrons. The maximum absolute atomic E-state index is 12.5. The molecule has 94 valence electrons. The second kappa shape index (κ2) is 4.94. The van der Waals surface area contributed by atoms with Crippen molar-refractivity contribution < 1.29 is 31.5 Å². The second-order valence-electron chi connectivity index (χ2n) is 2.71. The van der Waals surface area contributed by atoms with E-state index in [0.29, 0.717) is 6.07 Å². The van der Waals surface area contributed by atoms with E-state index in [1.165, 1.54) is 0 Å². The molecule has 0 aliphatic rings. The number of hydrogen-bond donors (Lipinski definition) is 0. The van der Waals surface area contributed by atoms with Gasteiger partial charge in [-0.05, 0) is 0 Å². The molecule has 0 N–H and O–H groups in total. The van der Waals surface area contributed by atoms with E-state index in [4.69, 9.17) is 0 Å². The largest absolute Gasteiger partial charge is 0.574 e. The fraction of sp³-hybridized carbons (Fsp3) is 0.250.